The molecule has 2 rings (SSSR count). The van der Waals surface area contributed by atoms with Crippen molar-refractivity contribution in [2.75, 3.05) is 0 Å². The highest BCUT2D eigenvalue weighted by atomic mass is 19.4. The van der Waals surface area contributed by atoms with Gasteiger partial charge in [0, 0.05) is 6.07 Å². The highest BCUT2D eigenvalue weighted by Crippen LogP contribution is 2.45. The summed E-state index contributed by atoms with van der Waals surface area (Å²) in [6.07, 6.45) is -4.78. The molecule has 0 radical (unpaired) electrons. The van der Waals surface area contributed by atoms with Crippen LogP contribution in [0, 0.1) is 10.1 Å². The number of benzene rings is 2. The average Bonchev–Trinajstić information content (AvgIpc) is 2.45. The van der Waals surface area contributed by atoms with Gasteiger partial charge < -0.3 is 0 Å². The predicted molar refractivity (Wildman–Crippen MR) is 77.6 cm³/mol. The van der Waals surface area contributed by atoms with E-state index in [-0.39, 0.29) is 5.56 Å². The molecule has 0 saturated carbocycles. The minimum Gasteiger partial charge on any atom is -0.258 e. The second kappa shape index (κ2) is 5.79. The third-order valence-electron chi connectivity index (χ3n) is 3.37. The van der Waals surface area contributed by atoms with Crippen LogP contribution in [0.15, 0.2) is 42.5 Å². The van der Waals surface area contributed by atoms with Crippen LogP contribution in [0.1, 0.15) is 30.9 Å². The summed E-state index contributed by atoms with van der Waals surface area (Å²) in [5.41, 5.74) is -1.14. The summed E-state index contributed by atoms with van der Waals surface area (Å²) in [7, 11) is 0. The van der Waals surface area contributed by atoms with Gasteiger partial charge in [0.05, 0.1) is 4.92 Å². The predicted octanol–water partition coefficient (Wildman–Crippen LogP) is 5.40. The second-order valence-corrected chi connectivity index (χ2v) is 5.20. The van der Waals surface area contributed by atoms with Crippen LogP contribution in [-0.4, -0.2) is 4.92 Å². The fraction of sp³-hybridized carbons (Fsp3) is 0.250. The average molecular weight is 309 g/mol. The van der Waals surface area contributed by atoms with E-state index in [1.807, 2.05) is 0 Å². The van der Waals surface area contributed by atoms with E-state index in [1.54, 1.807) is 44.2 Å². The van der Waals surface area contributed by atoms with Gasteiger partial charge in [0.1, 0.15) is 5.56 Å². The Kier molecular flexibility index (Phi) is 4.21. The van der Waals surface area contributed by atoms with Crippen molar-refractivity contribution in [1.82, 2.24) is 0 Å². The van der Waals surface area contributed by atoms with Crippen LogP contribution in [0.5, 0.6) is 0 Å². The van der Waals surface area contributed by atoms with E-state index < -0.39 is 28.3 Å². The van der Waals surface area contributed by atoms with Crippen molar-refractivity contribution < 1.29 is 18.1 Å². The smallest absolute Gasteiger partial charge is 0.258 e. The molecule has 116 valence electrons. The lowest BCUT2D eigenvalue weighted by atomic mass is 9.87. The van der Waals surface area contributed by atoms with Crippen LogP contribution in [0.4, 0.5) is 18.9 Å². The van der Waals surface area contributed by atoms with Crippen LogP contribution in [-0.2, 0) is 6.18 Å². The van der Waals surface area contributed by atoms with Crippen molar-refractivity contribution in [3.05, 3.63) is 63.7 Å². The van der Waals surface area contributed by atoms with Crippen LogP contribution in [0.3, 0.4) is 0 Å². The molecule has 3 nitrogen and oxygen atoms in total. The van der Waals surface area contributed by atoms with Gasteiger partial charge in [-0.05, 0) is 28.7 Å². The first-order chi connectivity index (χ1) is 10.2. The van der Waals surface area contributed by atoms with Crippen molar-refractivity contribution in [2.45, 2.75) is 25.9 Å². The van der Waals surface area contributed by atoms with Crippen molar-refractivity contribution in [2.24, 2.45) is 0 Å². The third kappa shape index (κ3) is 2.95. The SMILES string of the molecule is CC(C)c1c(-c2ccccc2)ccc([N+](=O)[O-])c1C(F)(F)F. The zero-order valence-corrected chi connectivity index (χ0v) is 12.0. The molecule has 0 atom stereocenters. The van der Waals surface area contributed by atoms with E-state index in [0.717, 1.165) is 6.07 Å². The Bertz CT molecular complexity index is 695. The molecular weight excluding hydrogens is 295 g/mol. The van der Waals surface area contributed by atoms with Crippen molar-refractivity contribution in [3.63, 3.8) is 0 Å². The van der Waals surface area contributed by atoms with Gasteiger partial charge in [0.2, 0.25) is 0 Å². The maximum absolute atomic E-state index is 13.4. The molecule has 2 aromatic carbocycles. The van der Waals surface area contributed by atoms with Gasteiger partial charge in [-0.15, -0.1) is 0 Å². The van der Waals surface area contributed by atoms with Gasteiger partial charge >= 0.3 is 6.18 Å². The first-order valence-electron chi connectivity index (χ1n) is 6.67. The number of nitro groups is 1. The van der Waals surface area contributed by atoms with E-state index >= 15 is 0 Å². The van der Waals surface area contributed by atoms with Crippen LogP contribution in [0.25, 0.3) is 11.1 Å². The van der Waals surface area contributed by atoms with Crippen molar-refractivity contribution in [1.29, 1.82) is 0 Å². The normalized spacial score (nSPS) is 11.7. The number of hydrogen-bond donors (Lipinski definition) is 0. The number of nitrogens with zero attached hydrogens (tertiary/aromatic N) is 1. The molecule has 0 saturated heterocycles. The summed E-state index contributed by atoms with van der Waals surface area (Å²) in [6, 6.07) is 10.9. The summed E-state index contributed by atoms with van der Waals surface area (Å²) in [5.74, 6) is -0.508. The van der Waals surface area contributed by atoms with Crippen molar-refractivity contribution in [3.8, 4) is 11.1 Å². The summed E-state index contributed by atoms with van der Waals surface area (Å²) in [5, 5.41) is 11.0. The molecule has 0 aliphatic heterocycles. The number of alkyl halides is 3. The quantitative estimate of drug-likeness (QED) is 0.562. The topological polar surface area (TPSA) is 43.1 Å². The van der Waals surface area contributed by atoms with E-state index in [9.17, 15) is 23.3 Å². The molecule has 0 aliphatic rings. The van der Waals surface area contributed by atoms with E-state index in [2.05, 4.69) is 0 Å². The maximum atomic E-state index is 13.4. The standard InChI is InChI=1S/C16H14F3NO2/c1-10(2)14-12(11-6-4-3-5-7-11)8-9-13(20(21)22)15(14)16(17,18)19/h3-10H,1-2H3. The Morgan fingerprint density at radius 3 is 2.09 bits per heavy atom. The highest BCUT2D eigenvalue weighted by Gasteiger charge is 2.42. The Balaban J connectivity index is 2.86. The Morgan fingerprint density at radius 2 is 1.64 bits per heavy atom. The third-order valence-corrected chi connectivity index (χ3v) is 3.37. The largest absolute Gasteiger partial charge is 0.423 e. The molecule has 6 heteroatoms. The fourth-order valence-electron chi connectivity index (χ4n) is 2.53. The maximum Gasteiger partial charge on any atom is 0.423 e. The van der Waals surface area contributed by atoms with Gasteiger partial charge in [-0.25, -0.2) is 0 Å². The first-order valence-corrected chi connectivity index (χ1v) is 6.67. The summed E-state index contributed by atoms with van der Waals surface area (Å²) in [4.78, 5) is 10.0. The summed E-state index contributed by atoms with van der Waals surface area (Å²) >= 11 is 0. The molecule has 0 aliphatic carbocycles. The minimum absolute atomic E-state index is 0.0482. The Labute approximate surface area is 125 Å². The van der Waals surface area contributed by atoms with Crippen LogP contribution >= 0.6 is 0 Å². The summed E-state index contributed by atoms with van der Waals surface area (Å²) < 4.78 is 40.3. The first kappa shape index (κ1) is 16.0. The van der Waals surface area contributed by atoms with Gasteiger partial charge in [0.25, 0.3) is 5.69 Å². The van der Waals surface area contributed by atoms with E-state index in [1.165, 1.54) is 6.07 Å². The molecule has 0 heterocycles. The number of rotatable bonds is 3. The number of nitro benzene ring substituents is 1. The molecule has 2 aromatic rings. The lowest BCUT2D eigenvalue weighted by Gasteiger charge is -2.20. The highest BCUT2D eigenvalue weighted by molar-refractivity contribution is 5.72. The number of halogens is 3. The monoisotopic (exact) mass is 309 g/mol. The summed E-state index contributed by atoms with van der Waals surface area (Å²) in [6.45, 7) is 3.20. The lowest BCUT2D eigenvalue weighted by molar-refractivity contribution is -0.388. The molecule has 0 fully saturated rings. The molecule has 0 spiro atoms. The fourth-order valence-corrected chi connectivity index (χ4v) is 2.53. The van der Waals surface area contributed by atoms with Gasteiger partial charge in [0.15, 0.2) is 0 Å². The van der Waals surface area contributed by atoms with Crippen molar-refractivity contribution >= 4 is 5.69 Å². The zero-order valence-electron chi connectivity index (χ0n) is 12.0. The molecule has 0 aromatic heterocycles. The Morgan fingerprint density at radius 1 is 1.05 bits per heavy atom. The molecular formula is C16H14F3NO2. The number of hydrogen-bond acceptors (Lipinski definition) is 2. The minimum atomic E-state index is -4.78. The van der Waals surface area contributed by atoms with Gasteiger partial charge in [-0.3, -0.25) is 10.1 Å². The van der Waals surface area contributed by atoms with Crippen LogP contribution < -0.4 is 0 Å². The second-order valence-electron chi connectivity index (χ2n) is 5.20. The molecule has 0 N–H and O–H groups in total. The lowest BCUT2D eigenvalue weighted by Crippen LogP contribution is -2.14. The zero-order chi connectivity index (χ0) is 16.5. The van der Waals surface area contributed by atoms with Gasteiger partial charge in [-0.2, -0.15) is 13.2 Å². The molecule has 0 bridgehead atoms. The van der Waals surface area contributed by atoms with Crippen LogP contribution in [0.2, 0.25) is 0 Å². The molecule has 0 unspecified atom stereocenters. The molecule has 0 amide bonds. The van der Waals surface area contributed by atoms with Gasteiger partial charge in [-0.1, -0.05) is 44.2 Å². The Hall–Kier alpha value is -2.37. The van der Waals surface area contributed by atoms with E-state index in [4.69, 9.17) is 0 Å². The van der Waals surface area contributed by atoms with E-state index in [0.29, 0.717) is 11.1 Å². The molecule has 22 heavy (non-hydrogen) atoms.